The summed E-state index contributed by atoms with van der Waals surface area (Å²) < 4.78 is 53.8. The molecule has 0 aliphatic carbocycles. The number of carbonyl (C=O) groups is 5. The van der Waals surface area contributed by atoms with E-state index < -0.39 is 36.5 Å². The van der Waals surface area contributed by atoms with Crippen LogP contribution in [0.25, 0.3) is 28.2 Å². The van der Waals surface area contributed by atoms with Gasteiger partial charge in [-0.25, -0.2) is 19.4 Å². The Labute approximate surface area is 399 Å². The second kappa shape index (κ2) is 22.6. The van der Waals surface area contributed by atoms with Gasteiger partial charge in [-0.2, -0.15) is 18.3 Å². The number of ether oxygens (including phenoxy) is 1. The highest BCUT2D eigenvalue weighted by Crippen LogP contribution is 2.26. The predicted octanol–water partition coefficient (Wildman–Crippen LogP) is 4.62. The van der Waals surface area contributed by atoms with Gasteiger partial charge in [0, 0.05) is 63.6 Å². The molecule has 370 valence electrons. The van der Waals surface area contributed by atoms with Gasteiger partial charge in [-0.05, 0) is 107 Å². The van der Waals surface area contributed by atoms with E-state index in [9.17, 15) is 41.9 Å². The van der Waals surface area contributed by atoms with E-state index in [1.165, 1.54) is 38.3 Å². The average Bonchev–Trinajstić information content (AvgIpc) is 4.06. The number of amides is 5. The number of imide groups is 1. The molecule has 2 aromatic carbocycles. The lowest BCUT2D eigenvalue weighted by Gasteiger charge is -2.21. The maximum Gasteiger partial charge on any atom is 0.405 e. The monoisotopic (exact) mass is 970 g/mol. The van der Waals surface area contributed by atoms with Crippen molar-refractivity contribution in [2.24, 2.45) is 7.05 Å². The number of alkyl halides is 3. The van der Waals surface area contributed by atoms with Gasteiger partial charge in [0.15, 0.2) is 11.4 Å². The Kier molecular flexibility index (Phi) is 16.2. The Balaban J connectivity index is 0.858. The number of hydrogen-bond acceptors (Lipinski definition) is 13. The Morgan fingerprint density at radius 3 is 2.41 bits per heavy atom. The summed E-state index contributed by atoms with van der Waals surface area (Å²) in [5, 5.41) is 17.3. The second-order valence-corrected chi connectivity index (χ2v) is 16.9. The number of oxazole rings is 1. The lowest BCUT2D eigenvalue weighted by Crippen LogP contribution is -2.44. The number of unbranched alkanes of at least 4 members (excludes halogenated alkanes) is 2. The van der Waals surface area contributed by atoms with E-state index in [4.69, 9.17) is 9.15 Å². The van der Waals surface area contributed by atoms with Crippen molar-refractivity contribution in [1.29, 1.82) is 0 Å². The molecule has 20 nitrogen and oxygen atoms in total. The van der Waals surface area contributed by atoms with Gasteiger partial charge in [-0.3, -0.25) is 38.4 Å². The van der Waals surface area contributed by atoms with Crippen molar-refractivity contribution in [2.75, 3.05) is 64.1 Å². The highest BCUT2D eigenvalue weighted by atomic mass is 19.4. The summed E-state index contributed by atoms with van der Waals surface area (Å²) in [6, 6.07) is 14.3. The van der Waals surface area contributed by atoms with Gasteiger partial charge in [0.05, 0.1) is 28.6 Å². The Hall–Kier alpha value is -7.66. The van der Waals surface area contributed by atoms with Crippen molar-refractivity contribution in [2.45, 2.75) is 57.2 Å². The summed E-state index contributed by atoms with van der Waals surface area (Å²) >= 11 is 0. The van der Waals surface area contributed by atoms with Gasteiger partial charge >= 0.3 is 11.9 Å². The van der Waals surface area contributed by atoms with Crippen LogP contribution in [0.2, 0.25) is 0 Å². The molecule has 0 radical (unpaired) electrons. The molecule has 70 heavy (non-hydrogen) atoms. The molecule has 1 aliphatic heterocycles. The molecule has 0 spiro atoms. The van der Waals surface area contributed by atoms with Crippen LogP contribution in [0.4, 0.5) is 24.7 Å². The molecule has 5 N–H and O–H groups in total. The molecular formula is C47H53F3N12O8. The number of anilines is 2. The van der Waals surface area contributed by atoms with E-state index in [1.807, 2.05) is 37.2 Å². The number of fused-ring (bicyclic) bond motifs is 1. The molecule has 1 saturated heterocycles. The van der Waals surface area contributed by atoms with Crippen LogP contribution in [0.5, 0.6) is 0 Å². The zero-order valence-electron chi connectivity index (χ0n) is 38.7. The molecule has 23 heteroatoms. The first kappa shape index (κ1) is 50.2. The number of imidazole rings is 1. The van der Waals surface area contributed by atoms with Crippen LogP contribution in [0.1, 0.15) is 81.5 Å². The molecule has 1 atom stereocenters. The molecule has 5 heterocycles. The van der Waals surface area contributed by atoms with Crippen LogP contribution in [-0.2, 0) is 27.8 Å². The van der Waals surface area contributed by atoms with Crippen molar-refractivity contribution in [3.63, 3.8) is 0 Å². The predicted molar refractivity (Wildman–Crippen MR) is 251 cm³/mol. The van der Waals surface area contributed by atoms with E-state index in [0.717, 1.165) is 43.0 Å². The highest BCUT2D eigenvalue weighted by molar-refractivity contribution is 6.07. The van der Waals surface area contributed by atoms with Crippen LogP contribution in [0, 0.1) is 0 Å². The lowest BCUT2D eigenvalue weighted by atomic mass is 10.0. The Bertz CT molecular complexity index is 2900. The van der Waals surface area contributed by atoms with Crippen molar-refractivity contribution in [3.8, 4) is 17.1 Å². The fourth-order valence-electron chi connectivity index (χ4n) is 7.62. The van der Waals surface area contributed by atoms with Crippen molar-refractivity contribution >= 4 is 52.1 Å². The highest BCUT2D eigenvalue weighted by Gasteiger charge is 2.31. The maximum atomic E-state index is 13.4. The van der Waals surface area contributed by atoms with Crippen LogP contribution < -0.4 is 32.3 Å². The third-order valence-corrected chi connectivity index (χ3v) is 11.3. The zero-order chi connectivity index (χ0) is 50.0. The number of pyridine rings is 1. The number of nitrogens with one attached hydrogen (secondary N) is 5. The Morgan fingerprint density at radius 2 is 1.67 bits per heavy atom. The zero-order valence-corrected chi connectivity index (χ0v) is 38.7. The number of rotatable bonds is 22. The van der Waals surface area contributed by atoms with Crippen LogP contribution in [0.3, 0.4) is 0 Å². The van der Waals surface area contributed by atoms with E-state index in [-0.39, 0.29) is 64.7 Å². The van der Waals surface area contributed by atoms with Gasteiger partial charge in [0.1, 0.15) is 24.7 Å². The van der Waals surface area contributed by atoms with Gasteiger partial charge in [-0.15, -0.1) is 0 Å². The van der Waals surface area contributed by atoms with Gasteiger partial charge < -0.3 is 35.3 Å². The SMILES string of the molecule is CN(C)CCNC(=O)c1nn(-c2ccc(C(=O)NCCCCOCCCCc3ccc4c(c3)n(C)c(=O)n4C3CCC(=O)NC3=O)cc2)cc1NC(=O)c1coc(-c2ccnc(NCC(F)(F)F)c2)n1. The smallest absolute Gasteiger partial charge is 0.405 e. The summed E-state index contributed by atoms with van der Waals surface area (Å²) in [7, 11) is 5.37. The standard InChI is InChI=1S/C47H53F3N12O8/c1-59(2)21-20-53-44(67)40-33(55-42(65)34-27-70-45(56-34)31-17-19-51-38(25-31)54-28-47(48,49)50)26-61(58-40)32-12-10-30(11-13-32)41(64)52-18-5-7-23-69-22-6-4-8-29-9-14-35-37(24-29)60(3)46(68)62(35)36-15-16-39(63)57-43(36)66/h9-14,17,19,24-27,36H,4-8,15-16,18,20-23,28H2,1-3H3,(H,51,54)(H,52,64)(H,53,67)(H,55,65)(H,57,63,66). The summed E-state index contributed by atoms with van der Waals surface area (Å²) in [5.74, 6) is -2.51. The first-order valence-corrected chi connectivity index (χ1v) is 22.6. The molecule has 0 bridgehead atoms. The van der Waals surface area contributed by atoms with Gasteiger partial charge in [0.25, 0.3) is 17.7 Å². The van der Waals surface area contributed by atoms with Crippen LogP contribution in [-0.4, -0.2) is 123 Å². The van der Waals surface area contributed by atoms with Crippen molar-refractivity contribution in [1.82, 2.24) is 49.7 Å². The summed E-state index contributed by atoms with van der Waals surface area (Å²) in [4.78, 5) is 86.8. The molecule has 6 aromatic rings. The number of carbonyl (C=O) groups excluding carboxylic acids is 5. The first-order chi connectivity index (χ1) is 33.5. The summed E-state index contributed by atoms with van der Waals surface area (Å²) in [6.07, 6.45) is 3.72. The minimum absolute atomic E-state index is 0.0508. The minimum atomic E-state index is -4.46. The van der Waals surface area contributed by atoms with Crippen molar-refractivity contribution in [3.05, 3.63) is 106 Å². The summed E-state index contributed by atoms with van der Waals surface area (Å²) in [5.41, 5.74) is 3.07. The summed E-state index contributed by atoms with van der Waals surface area (Å²) in [6.45, 7) is 1.08. The van der Waals surface area contributed by atoms with Gasteiger partial charge in [-0.1, -0.05) is 6.07 Å². The van der Waals surface area contributed by atoms with E-state index >= 15 is 0 Å². The topological polar surface area (TPSA) is 242 Å². The molecule has 1 unspecified atom stereocenters. The van der Waals surface area contributed by atoms with E-state index in [1.54, 1.807) is 31.3 Å². The number of aromatic nitrogens is 6. The van der Waals surface area contributed by atoms with Gasteiger partial charge in [0.2, 0.25) is 17.7 Å². The maximum absolute atomic E-state index is 13.4. The molecule has 1 aliphatic rings. The number of nitrogens with zero attached hydrogens (tertiary/aromatic N) is 7. The van der Waals surface area contributed by atoms with Crippen molar-refractivity contribution < 1.29 is 46.3 Å². The molecule has 5 amide bonds. The average molecular weight is 971 g/mol. The number of hydrogen-bond donors (Lipinski definition) is 5. The quantitative estimate of drug-likeness (QED) is 0.0462. The third-order valence-electron chi connectivity index (χ3n) is 11.3. The van der Waals surface area contributed by atoms with Crippen LogP contribution in [0.15, 0.2) is 82.5 Å². The molecule has 7 rings (SSSR count). The van der Waals surface area contributed by atoms with E-state index in [2.05, 4.69) is 41.7 Å². The number of piperidine rings is 1. The van der Waals surface area contributed by atoms with Crippen LogP contribution >= 0.6 is 0 Å². The largest absolute Gasteiger partial charge is 0.444 e. The lowest BCUT2D eigenvalue weighted by molar-refractivity contribution is -0.135. The first-order valence-electron chi connectivity index (χ1n) is 22.6. The minimum Gasteiger partial charge on any atom is -0.444 e. The molecule has 1 fully saturated rings. The normalized spacial score (nSPS) is 14.0. The third kappa shape index (κ3) is 12.9. The second-order valence-electron chi connectivity index (χ2n) is 16.9. The fraction of sp³-hybridized carbons (Fsp3) is 0.383. The molecule has 0 saturated carbocycles. The fourth-order valence-corrected chi connectivity index (χ4v) is 7.62. The number of benzene rings is 2. The molecular weight excluding hydrogens is 918 g/mol. The number of likely N-dealkylation sites (N-methyl/N-ethyl adjacent to an activating group) is 1. The molecule has 4 aromatic heterocycles. The Morgan fingerprint density at radius 1 is 0.914 bits per heavy atom. The number of halogens is 3. The number of aryl methyl sites for hydroxylation is 2. The van der Waals surface area contributed by atoms with E-state index in [0.29, 0.717) is 56.0 Å².